The summed E-state index contributed by atoms with van der Waals surface area (Å²) >= 11 is 0. The predicted octanol–water partition coefficient (Wildman–Crippen LogP) is 4.53. The van der Waals surface area contributed by atoms with Gasteiger partial charge in [0.05, 0.1) is 12.8 Å². The number of carbonyl (C=O) groups is 1. The minimum absolute atomic E-state index is 0.226. The lowest BCUT2D eigenvalue weighted by Gasteiger charge is -2.18. The fourth-order valence-corrected chi connectivity index (χ4v) is 2.95. The van der Waals surface area contributed by atoms with Gasteiger partial charge in [-0.15, -0.1) is 0 Å². The first-order valence-electron chi connectivity index (χ1n) is 9.80. The van der Waals surface area contributed by atoms with Crippen LogP contribution >= 0.6 is 0 Å². The van der Waals surface area contributed by atoms with Crippen molar-refractivity contribution in [2.24, 2.45) is 5.16 Å². The summed E-state index contributed by atoms with van der Waals surface area (Å²) in [7, 11) is 4.29. The van der Waals surface area contributed by atoms with E-state index in [0.717, 1.165) is 16.7 Å². The van der Waals surface area contributed by atoms with Crippen LogP contribution in [-0.4, -0.2) is 38.0 Å². The minimum atomic E-state index is -0.816. The van der Waals surface area contributed by atoms with Crippen LogP contribution in [0.4, 0.5) is 0 Å². The summed E-state index contributed by atoms with van der Waals surface area (Å²) in [5.74, 6) is 0.0290. The number of nitrogens with zero attached hydrogens (tertiary/aromatic N) is 2. The highest BCUT2D eigenvalue weighted by molar-refractivity contribution is 5.98. The predicted molar refractivity (Wildman–Crippen MR) is 117 cm³/mol. The van der Waals surface area contributed by atoms with Crippen molar-refractivity contribution in [2.45, 2.75) is 47.3 Å². The summed E-state index contributed by atoms with van der Waals surface area (Å²) in [5, 5.41) is 3.95. The van der Waals surface area contributed by atoms with E-state index in [1.165, 1.54) is 21.3 Å². The smallest absolute Gasteiger partial charge is 0.339 e. The highest BCUT2D eigenvalue weighted by Gasteiger charge is 2.23. The first kappa shape index (κ1) is 25.1. The monoisotopic (exact) mass is 416 g/mol. The van der Waals surface area contributed by atoms with Crippen molar-refractivity contribution >= 4 is 11.7 Å². The van der Waals surface area contributed by atoms with Crippen molar-refractivity contribution in [3.8, 4) is 5.88 Å². The number of oxime groups is 1. The van der Waals surface area contributed by atoms with Crippen LogP contribution in [0.5, 0.6) is 5.88 Å². The third-order valence-electron chi connectivity index (χ3n) is 4.28. The van der Waals surface area contributed by atoms with Crippen LogP contribution in [-0.2, 0) is 25.7 Å². The van der Waals surface area contributed by atoms with E-state index in [4.69, 9.17) is 19.0 Å². The molecule has 0 saturated carbocycles. The number of aryl methyl sites for hydroxylation is 2. The lowest BCUT2D eigenvalue weighted by Crippen LogP contribution is -2.18. The van der Waals surface area contributed by atoms with Gasteiger partial charge in [0, 0.05) is 12.7 Å². The second-order valence-corrected chi connectivity index (χ2v) is 6.26. The Bertz CT molecular complexity index is 865. The first-order chi connectivity index (χ1) is 14.4. The van der Waals surface area contributed by atoms with Crippen LogP contribution in [0.25, 0.3) is 0 Å². The van der Waals surface area contributed by atoms with Gasteiger partial charge in [0.25, 0.3) is 0 Å². The molecule has 7 nitrogen and oxygen atoms in total. The second-order valence-electron chi connectivity index (χ2n) is 6.26. The summed E-state index contributed by atoms with van der Waals surface area (Å²) < 4.78 is 16.1. The topological polar surface area (TPSA) is 79.2 Å². The number of benzene rings is 1. The zero-order chi connectivity index (χ0) is 22.7. The molecule has 164 valence electrons. The Morgan fingerprint density at radius 1 is 1.10 bits per heavy atom. The molecule has 0 bridgehead atoms. The van der Waals surface area contributed by atoms with Crippen molar-refractivity contribution in [1.82, 2.24) is 4.98 Å². The Labute approximate surface area is 179 Å². The average molecular weight is 417 g/mol. The summed E-state index contributed by atoms with van der Waals surface area (Å²) in [6.45, 7) is 9.94. The molecule has 0 fully saturated rings. The van der Waals surface area contributed by atoms with Gasteiger partial charge in [0.2, 0.25) is 5.88 Å². The van der Waals surface area contributed by atoms with Gasteiger partial charge in [-0.1, -0.05) is 43.3 Å². The second kappa shape index (κ2) is 12.6. The molecule has 1 atom stereocenters. The van der Waals surface area contributed by atoms with E-state index in [-0.39, 0.29) is 6.61 Å². The van der Waals surface area contributed by atoms with E-state index < -0.39 is 12.1 Å². The summed E-state index contributed by atoms with van der Waals surface area (Å²) in [6, 6.07) is 9.41. The van der Waals surface area contributed by atoms with E-state index in [2.05, 4.69) is 10.1 Å². The molecule has 0 N–H and O–H groups in total. The fraction of sp³-hybridized carbons (Fsp3) is 0.435. The molecule has 1 aromatic heterocycles. The van der Waals surface area contributed by atoms with Crippen LogP contribution < -0.4 is 4.74 Å². The summed E-state index contributed by atoms with van der Waals surface area (Å²) in [5.41, 5.74) is 4.76. The van der Waals surface area contributed by atoms with E-state index in [0.29, 0.717) is 22.8 Å². The van der Waals surface area contributed by atoms with Crippen LogP contribution in [0.2, 0.25) is 0 Å². The van der Waals surface area contributed by atoms with Gasteiger partial charge in [-0.25, -0.2) is 9.78 Å². The molecule has 0 radical (unpaired) electrons. The molecule has 2 aromatic rings. The van der Waals surface area contributed by atoms with Crippen molar-refractivity contribution in [3.63, 3.8) is 0 Å². The number of aromatic nitrogens is 1. The van der Waals surface area contributed by atoms with Gasteiger partial charge in [0.1, 0.15) is 19.4 Å². The van der Waals surface area contributed by atoms with Crippen LogP contribution in [0, 0.1) is 13.8 Å². The maximum Gasteiger partial charge on any atom is 0.339 e. The number of methoxy groups -OCH3 is 2. The van der Waals surface area contributed by atoms with E-state index >= 15 is 0 Å². The molecule has 0 aliphatic carbocycles. The SMILES string of the molecule is CC.CO/N=C(/C)c1nc(OCc2ccccc2C(OC)C(=O)OC)c(C)cc1C. The number of esters is 1. The van der Waals surface area contributed by atoms with Gasteiger partial charge in [-0.2, -0.15) is 0 Å². The molecule has 7 heteroatoms. The average Bonchev–Trinajstić information content (AvgIpc) is 2.75. The molecule has 0 aliphatic rings. The molecule has 1 aromatic carbocycles. The zero-order valence-electron chi connectivity index (χ0n) is 19.1. The Kier molecular flexibility index (Phi) is 10.5. The largest absolute Gasteiger partial charge is 0.473 e. The van der Waals surface area contributed by atoms with Gasteiger partial charge < -0.3 is 19.0 Å². The van der Waals surface area contributed by atoms with Crippen molar-refractivity contribution < 1.29 is 23.8 Å². The number of carbonyl (C=O) groups excluding carboxylic acids is 1. The lowest BCUT2D eigenvalue weighted by atomic mass is 10.0. The van der Waals surface area contributed by atoms with Crippen LogP contribution in [0.3, 0.4) is 0 Å². The number of hydrogen-bond donors (Lipinski definition) is 0. The normalized spacial score (nSPS) is 11.8. The molecule has 0 saturated heterocycles. The highest BCUT2D eigenvalue weighted by atomic mass is 16.6. The van der Waals surface area contributed by atoms with Gasteiger partial charge in [-0.05, 0) is 43.5 Å². The Morgan fingerprint density at radius 2 is 1.77 bits per heavy atom. The van der Waals surface area contributed by atoms with Gasteiger partial charge in [-0.3, -0.25) is 0 Å². The summed E-state index contributed by atoms with van der Waals surface area (Å²) in [4.78, 5) is 21.5. The van der Waals surface area contributed by atoms with E-state index in [9.17, 15) is 4.79 Å². The third kappa shape index (κ3) is 6.29. The van der Waals surface area contributed by atoms with Gasteiger partial charge >= 0.3 is 5.97 Å². The Balaban J connectivity index is 0.00000218. The number of hydrogen-bond acceptors (Lipinski definition) is 7. The maximum absolute atomic E-state index is 12.0. The fourth-order valence-electron chi connectivity index (χ4n) is 2.95. The molecule has 0 spiro atoms. The first-order valence-corrected chi connectivity index (χ1v) is 9.80. The Morgan fingerprint density at radius 3 is 2.37 bits per heavy atom. The van der Waals surface area contributed by atoms with Crippen LogP contribution in [0.1, 0.15) is 54.8 Å². The maximum atomic E-state index is 12.0. The number of ether oxygens (including phenoxy) is 3. The third-order valence-corrected chi connectivity index (χ3v) is 4.28. The molecule has 0 amide bonds. The van der Waals surface area contributed by atoms with Crippen LogP contribution in [0.15, 0.2) is 35.5 Å². The van der Waals surface area contributed by atoms with Crippen molar-refractivity contribution in [2.75, 3.05) is 21.3 Å². The van der Waals surface area contributed by atoms with Crippen molar-refractivity contribution in [1.29, 1.82) is 0 Å². The number of pyridine rings is 1. The van der Waals surface area contributed by atoms with E-state index in [1.54, 1.807) is 0 Å². The van der Waals surface area contributed by atoms with E-state index in [1.807, 2.05) is 65.0 Å². The zero-order valence-corrected chi connectivity index (χ0v) is 19.1. The molecule has 1 heterocycles. The standard InChI is InChI=1S/C21H26N2O5.C2H6/c1-13-11-14(2)20(22-18(13)15(3)23-27-6)28-12-16-9-7-8-10-17(16)19(25-4)21(24)26-5;1-2/h7-11,19H,12H2,1-6H3;1-2H3/b23-15-;. The molecule has 2 rings (SSSR count). The molecule has 0 aliphatic heterocycles. The quantitative estimate of drug-likeness (QED) is 0.357. The summed E-state index contributed by atoms with van der Waals surface area (Å²) in [6.07, 6.45) is -0.816. The van der Waals surface area contributed by atoms with Gasteiger partial charge in [0.15, 0.2) is 6.10 Å². The lowest BCUT2D eigenvalue weighted by molar-refractivity contribution is -0.152. The Hall–Kier alpha value is -2.93. The molecular formula is C23H32N2O5. The highest BCUT2D eigenvalue weighted by Crippen LogP contribution is 2.25. The molecular weight excluding hydrogens is 384 g/mol. The van der Waals surface area contributed by atoms with Crippen molar-refractivity contribution in [3.05, 3.63) is 58.3 Å². The minimum Gasteiger partial charge on any atom is -0.473 e. The molecule has 30 heavy (non-hydrogen) atoms. The molecule has 1 unspecified atom stereocenters. The number of rotatable bonds is 8.